The fourth-order valence-electron chi connectivity index (χ4n) is 3.62. The van der Waals surface area contributed by atoms with E-state index in [9.17, 15) is 14.7 Å². The van der Waals surface area contributed by atoms with Crippen molar-refractivity contribution in [2.75, 3.05) is 11.5 Å². The van der Waals surface area contributed by atoms with Crippen LogP contribution in [-0.2, 0) is 14.3 Å². The fraction of sp³-hybridized carbons (Fsp3) is 0.312. The highest BCUT2D eigenvalue weighted by molar-refractivity contribution is 6.23. The summed E-state index contributed by atoms with van der Waals surface area (Å²) in [5.74, 6) is -1.94. The number of imide groups is 1. The van der Waals surface area contributed by atoms with Crippen molar-refractivity contribution in [1.82, 2.24) is 0 Å². The maximum atomic E-state index is 12.7. The molecule has 2 saturated heterocycles. The Morgan fingerprint density at radius 3 is 2.64 bits per heavy atom. The molecule has 0 aromatic heterocycles. The summed E-state index contributed by atoms with van der Waals surface area (Å²) >= 11 is 0. The van der Waals surface area contributed by atoms with Gasteiger partial charge in [-0.2, -0.15) is 5.26 Å². The van der Waals surface area contributed by atoms with Crippen LogP contribution < -0.4 is 4.90 Å². The van der Waals surface area contributed by atoms with Gasteiger partial charge in [0.05, 0.1) is 41.9 Å². The van der Waals surface area contributed by atoms with Crippen LogP contribution in [0.15, 0.2) is 36.4 Å². The number of amides is 2. The predicted molar refractivity (Wildman–Crippen MR) is 74.5 cm³/mol. The molecule has 2 fully saturated rings. The topological polar surface area (TPSA) is 90.6 Å². The van der Waals surface area contributed by atoms with E-state index >= 15 is 0 Å². The number of aliphatic hydroxyl groups excluding tert-OH is 1. The van der Waals surface area contributed by atoms with Gasteiger partial charge >= 0.3 is 0 Å². The average Bonchev–Trinajstić information content (AvgIpc) is 3.19. The number of rotatable bonds is 2. The van der Waals surface area contributed by atoms with E-state index in [4.69, 9.17) is 10.00 Å². The van der Waals surface area contributed by atoms with Gasteiger partial charge in [-0.05, 0) is 24.3 Å². The van der Waals surface area contributed by atoms with Gasteiger partial charge in [0.25, 0.3) is 0 Å². The van der Waals surface area contributed by atoms with Crippen LogP contribution in [0.25, 0.3) is 0 Å². The standard InChI is InChI=1S/C16H12N2O4/c17-7-9-1-3-10(4-2-9)18-14(20)12-11-5-6-16(8-19,22-11)13(12)15(18)21/h1-6,11-13,19H,8H2/t11-,12-,13+,16+/m1/s1. The van der Waals surface area contributed by atoms with E-state index in [1.807, 2.05) is 6.07 Å². The third kappa shape index (κ3) is 1.44. The quantitative estimate of drug-likeness (QED) is 0.628. The second kappa shape index (κ2) is 4.26. The van der Waals surface area contributed by atoms with E-state index in [0.717, 1.165) is 4.90 Å². The highest BCUT2D eigenvalue weighted by Crippen LogP contribution is 2.52. The first kappa shape index (κ1) is 13.2. The van der Waals surface area contributed by atoms with Gasteiger partial charge in [-0.15, -0.1) is 0 Å². The Morgan fingerprint density at radius 1 is 1.27 bits per heavy atom. The Labute approximate surface area is 126 Å². The number of anilines is 1. The fourth-order valence-corrected chi connectivity index (χ4v) is 3.62. The van der Waals surface area contributed by atoms with E-state index < -0.39 is 23.5 Å². The number of ether oxygens (including phenoxy) is 1. The first-order valence-corrected chi connectivity index (χ1v) is 6.97. The Hall–Kier alpha value is -2.49. The van der Waals surface area contributed by atoms with Crippen molar-refractivity contribution >= 4 is 17.5 Å². The molecule has 3 heterocycles. The molecule has 6 heteroatoms. The predicted octanol–water partition coefficient (Wildman–Crippen LogP) is 0.364. The molecule has 1 aromatic rings. The Bertz CT molecular complexity index is 748. The van der Waals surface area contributed by atoms with Crippen LogP contribution in [0.4, 0.5) is 5.69 Å². The number of nitrogens with zero attached hydrogens (tertiary/aromatic N) is 2. The summed E-state index contributed by atoms with van der Waals surface area (Å²) in [5.41, 5.74) is -0.181. The van der Waals surface area contributed by atoms with Crippen LogP contribution in [0.5, 0.6) is 0 Å². The van der Waals surface area contributed by atoms with Crippen molar-refractivity contribution in [3.63, 3.8) is 0 Å². The molecule has 4 rings (SSSR count). The summed E-state index contributed by atoms with van der Waals surface area (Å²) < 4.78 is 5.67. The summed E-state index contributed by atoms with van der Waals surface area (Å²) in [6.45, 7) is -0.332. The molecular weight excluding hydrogens is 284 g/mol. The zero-order valence-corrected chi connectivity index (χ0v) is 11.5. The molecule has 0 saturated carbocycles. The molecule has 22 heavy (non-hydrogen) atoms. The minimum atomic E-state index is -1.08. The second-order valence-electron chi connectivity index (χ2n) is 5.73. The maximum Gasteiger partial charge on any atom is 0.241 e. The van der Waals surface area contributed by atoms with Gasteiger partial charge < -0.3 is 9.84 Å². The third-order valence-electron chi connectivity index (χ3n) is 4.66. The molecule has 3 aliphatic rings. The van der Waals surface area contributed by atoms with Crippen molar-refractivity contribution in [3.8, 4) is 6.07 Å². The minimum absolute atomic E-state index is 0.315. The van der Waals surface area contributed by atoms with E-state index in [1.54, 1.807) is 36.4 Å². The highest BCUT2D eigenvalue weighted by Gasteiger charge is 2.67. The number of carbonyl (C=O) groups is 2. The van der Waals surface area contributed by atoms with Crippen LogP contribution >= 0.6 is 0 Å². The van der Waals surface area contributed by atoms with E-state index in [2.05, 4.69) is 0 Å². The lowest BCUT2D eigenvalue weighted by molar-refractivity contribution is -0.128. The number of hydrogen-bond acceptors (Lipinski definition) is 5. The van der Waals surface area contributed by atoms with Crippen LogP contribution in [0.3, 0.4) is 0 Å². The lowest BCUT2D eigenvalue weighted by Crippen LogP contribution is -2.43. The Kier molecular flexibility index (Phi) is 2.55. The number of benzene rings is 1. The molecule has 3 aliphatic heterocycles. The summed E-state index contributed by atoms with van der Waals surface area (Å²) in [6.07, 6.45) is 2.97. The molecule has 0 unspecified atom stereocenters. The molecular formula is C16H12N2O4. The molecule has 6 nitrogen and oxygen atoms in total. The highest BCUT2D eigenvalue weighted by atomic mass is 16.5. The molecule has 0 aliphatic carbocycles. The average molecular weight is 296 g/mol. The molecule has 0 radical (unpaired) electrons. The van der Waals surface area contributed by atoms with Gasteiger partial charge in [-0.25, -0.2) is 4.90 Å². The van der Waals surface area contributed by atoms with Gasteiger partial charge in [0.1, 0.15) is 5.60 Å². The third-order valence-corrected chi connectivity index (χ3v) is 4.66. The van der Waals surface area contributed by atoms with Gasteiger partial charge in [0.15, 0.2) is 0 Å². The first-order chi connectivity index (χ1) is 10.6. The zero-order valence-electron chi connectivity index (χ0n) is 11.5. The van der Waals surface area contributed by atoms with E-state index in [1.165, 1.54) is 0 Å². The molecule has 2 amide bonds. The summed E-state index contributed by atoms with van der Waals surface area (Å²) in [4.78, 5) is 26.5. The maximum absolute atomic E-state index is 12.7. The lowest BCUT2D eigenvalue weighted by Gasteiger charge is -2.26. The van der Waals surface area contributed by atoms with E-state index in [-0.39, 0.29) is 18.4 Å². The van der Waals surface area contributed by atoms with Crippen LogP contribution in [0, 0.1) is 23.2 Å². The lowest BCUT2D eigenvalue weighted by atomic mass is 9.77. The summed E-state index contributed by atoms with van der Waals surface area (Å²) in [7, 11) is 0. The molecule has 1 N–H and O–H groups in total. The van der Waals surface area contributed by atoms with Crippen molar-refractivity contribution in [2.45, 2.75) is 11.7 Å². The normalized spacial score (nSPS) is 35.1. The van der Waals surface area contributed by atoms with Crippen molar-refractivity contribution in [3.05, 3.63) is 42.0 Å². The van der Waals surface area contributed by atoms with Gasteiger partial charge in [-0.1, -0.05) is 12.2 Å². The van der Waals surface area contributed by atoms with Crippen LogP contribution in [0.2, 0.25) is 0 Å². The first-order valence-electron chi connectivity index (χ1n) is 6.97. The summed E-state index contributed by atoms with van der Waals surface area (Å²) in [6, 6.07) is 8.29. The minimum Gasteiger partial charge on any atom is -0.393 e. The SMILES string of the molecule is N#Cc1ccc(N2C(=O)[C@H]3[C@@H](C2=O)[C@@]2(CO)C=C[C@H]3O2)cc1. The molecule has 110 valence electrons. The molecule has 4 atom stereocenters. The number of aliphatic hydroxyl groups is 1. The van der Waals surface area contributed by atoms with Crippen molar-refractivity contribution in [2.24, 2.45) is 11.8 Å². The molecule has 0 spiro atoms. The Balaban J connectivity index is 1.74. The van der Waals surface area contributed by atoms with Crippen molar-refractivity contribution < 1.29 is 19.4 Å². The van der Waals surface area contributed by atoms with Crippen LogP contribution in [0.1, 0.15) is 5.56 Å². The number of fused-ring (bicyclic) bond motifs is 5. The Morgan fingerprint density at radius 2 is 2.00 bits per heavy atom. The smallest absolute Gasteiger partial charge is 0.241 e. The largest absolute Gasteiger partial charge is 0.393 e. The summed E-state index contributed by atoms with van der Waals surface area (Å²) in [5, 5.41) is 18.4. The van der Waals surface area contributed by atoms with Gasteiger partial charge in [0, 0.05) is 0 Å². The zero-order chi connectivity index (χ0) is 15.5. The number of hydrogen-bond donors (Lipinski definition) is 1. The van der Waals surface area contributed by atoms with Crippen LogP contribution in [-0.4, -0.2) is 35.2 Å². The number of nitriles is 1. The molecule has 2 bridgehead atoms. The monoisotopic (exact) mass is 296 g/mol. The van der Waals surface area contributed by atoms with Gasteiger partial charge in [0.2, 0.25) is 11.8 Å². The van der Waals surface area contributed by atoms with E-state index in [0.29, 0.717) is 11.3 Å². The van der Waals surface area contributed by atoms with Crippen molar-refractivity contribution in [1.29, 1.82) is 5.26 Å². The second-order valence-corrected chi connectivity index (χ2v) is 5.73. The van der Waals surface area contributed by atoms with Gasteiger partial charge in [-0.3, -0.25) is 9.59 Å². The molecule has 1 aromatic carbocycles. The number of carbonyl (C=O) groups excluding carboxylic acids is 2.